The fourth-order valence-electron chi connectivity index (χ4n) is 3.73. The Hall–Kier alpha value is -2.47. The lowest BCUT2D eigenvalue weighted by Crippen LogP contribution is -2.24. The van der Waals surface area contributed by atoms with E-state index in [1.807, 2.05) is 11.4 Å². The molecule has 0 radical (unpaired) electrons. The highest BCUT2D eigenvalue weighted by Crippen LogP contribution is 2.30. The van der Waals surface area contributed by atoms with E-state index in [4.69, 9.17) is 4.74 Å². The minimum atomic E-state index is -0.423. The second-order valence-electron chi connectivity index (χ2n) is 6.96. The van der Waals surface area contributed by atoms with E-state index >= 15 is 0 Å². The number of ether oxygens (including phenoxy) is 1. The van der Waals surface area contributed by atoms with Gasteiger partial charge in [-0.25, -0.2) is 4.79 Å². The van der Waals surface area contributed by atoms with Gasteiger partial charge in [-0.05, 0) is 49.8 Å². The molecule has 1 aliphatic carbocycles. The Bertz CT molecular complexity index is 901. The van der Waals surface area contributed by atoms with Gasteiger partial charge in [0.05, 0.1) is 5.56 Å². The van der Waals surface area contributed by atoms with Gasteiger partial charge in [-0.1, -0.05) is 12.1 Å². The topological polar surface area (TPSA) is 63.7 Å². The molecule has 2 aliphatic rings. The zero-order valence-electron chi connectivity index (χ0n) is 15.0. The number of thiophene rings is 1. The molecule has 0 N–H and O–H groups in total. The standard InChI is InChI=1S/C21H21NO4S/c23-18(14-5-3-6-15(11-14)22-10-4-9-20(22)24)12-26-21(25)17-13-27-19-8-2-1-7-16(17)19/h3,5-6,11,13H,1-2,4,7-10,12H2. The van der Waals surface area contributed by atoms with Crippen molar-refractivity contribution in [1.29, 1.82) is 0 Å². The minimum absolute atomic E-state index is 0.0771. The number of esters is 1. The van der Waals surface area contributed by atoms with Crippen molar-refractivity contribution in [3.8, 4) is 0 Å². The van der Waals surface area contributed by atoms with Gasteiger partial charge in [-0.2, -0.15) is 0 Å². The molecule has 1 fully saturated rings. The van der Waals surface area contributed by atoms with Crippen LogP contribution in [0.5, 0.6) is 0 Å². The lowest BCUT2D eigenvalue weighted by molar-refractivity contribution is -0.117. The maximum Gasteiger partial charge on any atom is 0.339 e. The molecule has 2 heterocycles. The molecular formula is C21H21NO4S. The lowest BCUT2D eigenvalue weighted by atomic mass is 9.96. The molecule has 1 aromatic carbocycles. The van der Waals surface area contributed by atoms with Crippen molar-refractivity contribution in [3.63, 3.8) is 0 Å². The van der Waals surface area contributed by atoms with Crippen molar-refractivity contribution in [2.45, 2.75) is 38.5 Å². The zero-order chi connectivity index (χ0) is 18.8. The second kappa shape index (κ2) is 7.64. The summed E-state index contributed by atoms with van der Waals surface area (Å²) in [7, 11) is 0. The van der Waals surface area contributed by atoms with Crippen LogP contribution in [-0.4, -0.2) is 30.8 Å². The van der Waals surface area contributed by atoms with Crippen LogP contribution in [0.25, 0.3) is 0 Å². The van der Waals surface area contributed by atoms with Crippen molar-refractivity contribution < 1.29 is 19.1 Å². The highest BCUT2D eigenvalue weighted by atomic mass is 32.1. The molecule has 0 atom stereocenters. The fourth-order valence-corrected chi connectivity index (χ4v) is 4.84. The van der Waals surface area contributed by atoms with E-state index in [1.165, 1.54) is 4.88 Å². The molecule has 1 aromatic heterocycles. The maximum absolute atomic E-state index is 12.5. The summed E-state index contributed by atoms with van der Waals surface area (Å²) >= 11 is 1.60. The number of nitrogens with zero attached hydrogens (tertiary/aromatic N) is 1. The molecular weight excluding hydrogens is 362 g/mol. The van der Waals surface area contributed by atoms with Crippen LogP contribution >= 0.6 is 11.3 Å². The number of hydrogen-bond acceptors (Lipinski definition) is 5. The summed E-state index contributed by atoms with van der Waals surface area (Å²) in [5.74, 6) is -0.608. The number of anilines is 1. The fraction of sp³-hybridized carbons (Fsp3) is 0.381. The first-order valence-electron chi connectivity index (χ1n) is 9.33. The largest absolute Gasteiger partial charge is 0.454 e. The zero-order valence-corrected chi connectivity index (χ0v) is 15.8. The highest BCUT2D eigenvalue weighted by molar-refractivity contribution is 7.10. The third-order valence-corrected chi connectivity index (χ3v) is 6.26. The van der Waals surface area contributed by atoms with E-state index in [2.05, 4.69) is 0 Å². The van der Waals surface area contributed by atoms with Gasteiger partial charge in [-0.3, -0.25) is 9.59 Å². The molecule has 6 heteroatoms. The molecule has 2 aromatic rings. The van der Waals surface area contributed by atoms with Crippen molar-refractivity contribution in [3.05, 3.63) is 51.2 Å². The summed E-state index contributed by atoms with van der Waals surface area (Å²) < 4.78 is 5.29. The number of Topliss-reactive ketones (excluding diaryl/α,β-unsaturated/α-hetero) is 1. The summed E-state index contributed by atoms with van der Waals surface area (Å²) in [6, 6.07) is 6.97. The molecule has 140 valence electrons. The number of fused-ring (bicyclic) bond motifs is 1. The van der Waals surface area contributed by atoms with Gasteiger partial charge in [-0.15, -0.1) is 11.3 Å². The smallest absolute Gasteiger partial charge is 0.339 e. The average Bonchev–Trinajstić information content (AvgIpc) is 3.32. The molecule has 0 saturated carbocycles. The van der Waals surface area contributed by atoms with Gasteiger partial charge >= 0.3 is 5.97 Å². The SMILES string of the molecule is O=C(COC(=O)c1csc2c1CCCC2)c1cccc(N2CCCC2=O)c1. The normalized spacial score (nSPS) is 16.3. The molecule has 27 heavy (non-hydrogen) atoms. The molecule has 5 nitrogen and oxygen atoms in total. The molecule has 0 spiro atoms. The van der Waals surface area contributed by atoms with Crippen LogP contribution in [-0.2, 0) is 22.4 Å². The molecule has 0 bridgehead atoms. The molecule has 0 unspecified atom stereocenters. The molecule has 1 amide bonds. The van der Waals surface area contributed by atoms with E-state index in [0.29, 0.717) is 24.1 Å². The summed E-state index contributed by atoms with van der Waals surface area (Å²) in [5.41, 5.74) is 2.88. The number of aryl methyl sites for hydroxylation is 1. The van der Waals surface area contributed by atoms with Crippen LogP contribution in [0.2, 0.25) is 0 Å². The lowest BCUT2D eigenvalue weighted by Gasteiger charge is -2.16. The Balaban J connectivity index is 1.41. The Morgan fingerprint density at radius 2 is 1.96 bits per heavy atom. The second-order valence-corrected chi connectivity index (χ2v) is 7.92. The highest BCUT2D eigenvalue weighted by Gasteiger charge is 2.24. The van der Waals surface area contributed by atoms with E-state index in [-0.39, 0.29) is 18.3 Å². The number of carbonyl (C=O) groups excluding carboxylic acids is 3. The quantitative estimate of drug-likeness (QED) is 0.582. The average molecular weight is 383 g/mol. The Kier molecular flexibility index (Phi) is 5.07. The minimum Gasteiger partial charge on any atom is -0.454 e. The van der Waals surface area contributed by atoms with Gasteiger partial charge < -0.3 is 9.64 Å². The molecule has 1 aliphatic heterocycles. The van der Waals surface area contributed by atoms with Crippen LogP contribution < -0.4 is 4.90 Å². The molecule has 4 rings (SSSR count). The first-order chi connectivity index (χ1) is 13.1. The van der Waals surface area contributed by atoms with Gasteiger partial charge in [0.2, 0.25) is 5.91 Å². The number of carbonyl (C=O) groups is 3. The van der Waals surface area contributed by atoms with E-state index in [1.54, 1.807) is 34.4 Å². The third-order valence-electron chi connectivity index (χ3n) is 5.17. The summed E-state index contributed by atoms with van der Waals surface area (Å²) in [6.07, 6.45) is 5.55. The van der Waals surface area contributed by atoms with Crippen molar-refractivity contribution in [2.75, 3.05) is 18.1 Å². The van der Waals surface area contributed by atoms with E-state index in [0.717, 1.165) is 43.4 Å². The van der Waals surface area contributed by atoms with Gasteiger partial charge in [0.15, 0.2) is 12.4 Å². The first kappa shape index (κ1) is 17.9. The maximum atomic E-state index is 12.5. The van der Waals surface area contributed by atoms with Crippen LogP contribution in [0.3, 0.4) is 0 Å². The predicted molar refractivity (Wildman–Crippen MR) is 104 cm³/mol. The number of ketones is 1. The van der Waals surface area contributed by atoms with Crippen LogP contribution in [0.1, 0.15) is 56.8 Å². The van der Waals surface area contributed by atoms with E-state index < -0.39 is 5.97 Å². The summed E-state index contributed by atoms with van der Waals surface area (Å²) in [6.45, 7) is 0.385. The van der Waals surface area contributed by atoms with Gasteiger partial charge in [0.1, 0.15) is 0 Å². The monoisotopic (exact) mass is 383 g/mol. The number of benzene rings is 1. The Labute approximate surface area is 161 Å². The van der Waals surface area contributed by atoms with Gasteiger partial charge in [0, 0.05) is 34.5 Å². The van der Waals surface area contributed by atoms with Crippen molar-refractivity contribution in [1.82, 2.24) is 0 Å². The Morgan fingerprint density at radius 1 is 1.11 bits per heavy atom. The summed E-state index contributed by atoms with van der Waals surface area (Å²) in [5, 5.41) is 1.85. The third kappa shape index (κ3) is 3.67. The van der Waals surface area contributed by atoms with Crippen molar-refractivity contribution >= 4 is 34.7 Å². The Morgan fingerprint density at radius 3 is 2.78 bits per heavy atom. The summed E-state index contributed by atoms with van der Waals surface area (Å²) in [4.78, 5) is 39.7. The predicted octanol–water partition coefficient (Wildman–Crippen LogP) is 3.79. The number of amides is 1. The first-order valence-corrected chi connectivity index (χ1v) is 10.2. The van der Waals surface area contributed by atoms with Crippen LogP contribution in [0.15, 0.2) is 29.6 Å². The number of rotatable bonds is 5. The van der Waals surface area contributed by atoms with E-state index in [9.17, 15) is 14.4 Å². The van der Waals surface area contributed by atoms with Gasteiger partial charge in [0.25, 0.3) is 0 Å². The number of hydrogen-bond donors (Lipinski definition) is 0. The van der Waals surface area contributed by atoms with Crippen LogP contribution in [0.4, 0.5) is 5.69 Å². The van der Waals surface area contributed by atoms with Crippen molar-refractivity contribution in [2.24, 2.45) is 0 Å². The van der Waals surface area contributed by atoms with Crippen LogP contribution in [0, 0.1) is 0 Å². The molecule has 1 saturated heterocycles.